The van der Waals surface area contributed by atoms with E-state index in [2.05, 4.69) is 16.4 Å². The number of nitrogens with two attached hydrogens (primary N) is 2. The molecule has 5 N–H and O–H groups in total. The van der Waals surface area contributed by atoms with Crippen molar-refractivity contribution in [1.82, 2.24) is 0 Å². The van der Waals surface area contributed by atoms with Crippen LogP contribution >= 0.6 is 23.1 Å². The van der Waals surface area contributed by atoms with Crippen LogP contribution in [0.25, 0.3) is 0 Å². The Morgan fingerprint density at radius 3 is 2.64 bits per heavy atom. The third kappa shape index (κ3) is 5.03. The molecule has 0 radical (unpaired) electrons. The summed E-state index contributed by atoms with van der Waals surface area (Å²) in [7, 11) is 0. The molecule has 150 valence electrons. The molecule has 2 unspecified atom stereocenters. The lowest BCUT2D eigenvalue weighted by atomic mass is 9.88. The number of primary amides is 1. The molecule has 0 fully saturated rings. The third-order valence-corrected chi connectivity index (χ3v) is 7.08. The first-order valence-corrected chi connectivity index (χ1v) is 11.2. The highest BCUT2D eigenvalue weighted by Gasteiger charge is 2.31. The molecule has 28 heavy (non-hydrogen) atoms. The zero-order valence-electron chi connectivity index (χ0n) is 16.2. The first-order valence-electron chi connectivity index (χ1n) is 9.41. The van der Waals surface area contributed by atoms with Gasteiger partial charge in [-0.2, -0.15) is 0 Å². The van der Waals surface area contributed by atoms with Gasteiger partial charge in [-0.1, -0.05) is 18.2 Å². The number of amides is 1. The first-order chi connectivity index (χ1) is 13.3. The minimum atomic E-state index is -0.772. The lowest BCUT2D eigenvalue weighted by Gasteiger charge is -2.25. The zero-order valence-corrected chi connectivity index (χ0v) is 17.9. The topological polar surface area (TPSA) is 102 Å². The summed E-state index contributed by atoms with van der Waals surface area (Å²) < 4.78 is 0. The van der Waals surface area contributed by atoms with E-state index < -0.39 is 5.60 Å². The number of hydrogen-bond acceptors (Lipinski definition) is 6. The monoisotopic (exact) mass is 417 g/mol. The number of carbonyl (C=O) groups excluding carboxylic acids is 1. The maximum Gasteiger partial charge on any atom is 0.226 e. The minimum absolute atomic E-state index is 0.284. The molecule has 1 aromatic rings. The standard InChI is InChI=1S/C14H20N2O2S.C7H7NS/c1-14(2,18)9-5-3-8(4-6-9)11-7-10(12(15)17)13(16)19-11;1-2-6-3-5-9-7(6)8-4-1/h3,5,7,10,13,18H,4,6,16H2,1-2H3,(H2,15,17);3-5H,1-2H2. The summed E-state index contributed by atoms with van der Waals surface area (Å²) in [4.78, 5) is 16.5. The third-order valence-electron chi connectivity index (χ3n) is 5.00. The number of rotatable bonds is 3. The van der Waals surface area contributed by atoms with Crippen molar-refractivity contribution in [3.8, 4) is 0 Å². The van der Waals surface area contributed by atoms with Crippen LogP contribution in [0, 0.1) is 5.92 Å². The van der Waals surface area contributed by atoms with Gasteiger partial charge in [0.2, 0.25) is 5.91 Å². The fourth-order valence-corrected chi connectivity index (χ4v) is 5.31. The number of allylic oxidation sites excluding steroid dienone is 3. The van der Waals surface area contributed by atoms with E-state index in [0.717, 1.165) is 35.3 Å². The molecule has 7 heteroatoms. The van der Waals surface area contributed by atoms with E-state index in [1.54, 1.807) is 25.2 Å². The normalized spacial score (nSPS) is 23.8. The van der Waals surface area contributed by atoms with Gasteiger partial charge in [-0.15, -0.1) is 23.1 Å². The highest BCUT2D eigenvalue weighted by Crippen LogP contribution is 2.41. The molecule has 2 aliphatic heterocycles. The lowest BCUT2D eigenvalue weighted by Crippen LogP contribution is -2.33. The molecule has 0 spiro atoms. The van der Waals surface area contributed by atoms with Crippen molar-refractivity contribution in [2.75, 3.05) is 0 Å². The molecular weight excluding hydrogens is 390 g/mol. The van der Waals surface area contributed by atoms with Crippen molar-refractivity contribution in [2.45, 2.75) is 50.5 Å². The molecular formula is C21H27N3O2S2. The van der Waals surface area contributed by atoms with Gasteiger partial charge in [0.25, 0.3) is 0 Å². The molecule has 0 saturated heterocycles. The average Bonchev–Trinajstić information content (AvgIpc) is 3.28. The summed E-state index contributed by atoms with van der Waals surface area (Å²) in [5.41, 5.74) is 14.1. The molecule has 1 aromatic heterocycles. The van der Waals surface area contributed by atoms with E-state index in [1.807, 2.05) is 24.4 Å². The van der Waals surface area contributed by atoms with Gasteiger partial charge in [-0.3, -0.25) is 9.79 Å². The van der Waals surface area contributed by atoms with Crippen molar-refractivity contribution in [3.63, 3.8) is 0 Å². The number of aryl methyl sites for hydroxylation is 1. The number of carbonyl (C=O) groups is 1. The molecule has 1 aliphatic carbocycles. The molecule has 0 aromatic carbocycles. The van der Waals surface area contributed by atoms with E-state index in [9.17, 15) is 9.90 Å². The van der Waals surface area contributed by atoms with Crippen LogP contribution in [0.15, 0.2) is 50.7 Å². The first kappa shape index (κ1) is 21.0. The van der Waals surface area contributed by atoms with Crippen LogP contribution in [-0.2, 0) is 11.2 Å². The smallest absolute Gasteiger partial charge is 0.226 e. The number of aliphatic imine (C=N–C) groups is 1. The van der Waals surface area contributed by atoms with Crippen LogP contribution in [-0.4, -0.2) is 28.2 Å². The van der Waals surface area contributed by atoms with Crippen molar-refractivity contribution >= 4 is 40.2 Å². The number of thiophene rings is 1. The second-order valence-corrected chi connectivity index (χ2v) is 9.70. The van der Waals surface area contributed by atoms with Gasteiger partial charge in [0, 0.05) is 11.1 Å². The van der Waals surface area contributed by atoms with Gasteiger partial charge >= 0.3 is 0 Å². The van der Waals surface area contributed by atoms with Crippen molar-refractivity contribution in [2.24, 2.45) is 22.4 Å². The molecule has 0 saturated carbocycles. The molecule has 1 amide bonds. The SMILES string of the molecule is C1=Nc2sccc2CC1.CC(C)(O)C1=CC=C(C2=CC(C(N)=O)C(N)S2)CC1. The average molecular weight is 418 g/mol. The maximum absolute atomic E-state index is 11.2. The van der Waals surface area contributed by atoms with Gasteiger partial charge in [-0.05, 0) is 67.7 Å². The Morgan fingerprint density at radius 1 is 1.29 bits per heavy atom. The Balaban J connectivity index is 0.000000206. The van der Waals surface area contributed by atoms with E-state index in [-0.39, 0.29) is 17.2 Å². The van der Waals surface area contributed by atoms with Gasteiger partial charge in [0.15, 0.2) is 0 Å². The highest BCUT2D eigenvalue weighted by atomic mass is 32.2. The Bertz CT molecular complexity index is 859. The van der Waals surface area contributed by atoms with E-state index >= 15 is 0 Å². The second-order valence-electron chi connectivity index (χ2n) is 7.59. The summed E-state index contributed by atoms with van der Waals surface area (Å²) in [6.45, 7) is 3.58. The molecule has 4 rings (SSSR count). The van der Waals surface area contributed by atoms with E-state index in [1.165, 1.54) is 28.7 Å². The summed E-state index contributed by atoms with van der Waals surface area (Å²) >= 11 is 3.22. The van der Waals surface area contributed by atoms with Gasteiger partial charge in [-0.25, -0.2) is 0 Å². The summed E-state index contributed by atoms with van der Waals surface area (Å²) in [5.74, 6) is -0.764. The van der Waals surface area contributed by atoms with Crippen LogP contribution in [0.4, 0.5) is 5.00 Å². The Kier molecular flexibility index (Phi) is 6.60. The Morgan fingerprint density at radius 2 is 2.07 bits per heavy atom. The van der Waals surface area contributed by atoms with E-state index in [0.29, 0.717) is 0 Å². The summed E-state index contributed by atoms with van der Waals surface area (Å²) in [6, 6.07) is 2.16. The molecule has 5 nitrogen and oxygen atoms in total. The fraction of sp³-hybridized carbons (Fsp3) is 0.429. The van der Waals surface area contributed by atoms with Crippen molar-refractivity contribution in [1.29, 1.82) is 0 Å². The quantitative estimate of drug-likeness (QED) is 0.696. The fourth-order valence-electron chi connectivity index (χ4n) is 3.29. The lowest BCUT2D eigenvalue weighted by molar-refractivity contribution is -0.120. The minimum Gasteiger partial charge on any atom is -0.386 e. The van der Waals surface area contributed by atoms with Crippen LogP contribution in [0.2, 0.25) is 0 Å². The van der Waals surface area contributed by atoms with Crippen LogP contribution in [0.5, 0.6) is 0 Å². The van der Waals surface area contributed by atoms with Gasteiger partial charge < -0.3 is 16.6 Å². The summed E-state index contributed by atoms with van der Waals surface area (Å²) in [5, 5.41) is 13.0. The number of thioether (sulfide) groups is 1. The molecule has 3 aliphatic rings. The maximum atomic E-state index is 11.2. The van der Waals surface area contributed by atoms with Crippen LogP contribution in [0.1, 0.15) is 38.7 Å². The summed E-state index contributed by atoms with van der Waals surface area (Å²) in [6.07, 6.45) is 11.8. The Hall–Kier alpha value is -1.67. The molecule has 0 bridgehead atoms. The Labute approximate surface area is 174 Å². The molecule has 2 atom stereocenters. The number of hydrogen-bond donors (Lipinski definition) is 3. The van der Waals surface area contributed by atoms with Crippen molar-refractivity contribution < 1.29 is 9.90 Å². The van der Waals surface area contributed by atoms with Gasteiger partial charge in [0.05, 0.1) is 16.9 Å². The molecule has 3 heterocycles. The van der Waals surface area contributed by atoms with Crippen molar-refractivity contribution in [3.05, 3.63) is 51.3 Å². The van der Waals surface area contributed by atoms with Crippen LogP contribution < -0.4 is 11.5 Å². The van der Waals surface area contributed by atoms with E-state index in [4.69, 9.17) is 11.5 Å². The number of aliphatic hydroxyl groups is 1. The predicted octanol–water partition coefficient (Wildman–Crippen LogP) is 3.82. The highest BCUT2D eigenvalue weighted by molar-refractivity contribution is 8.04. The van der Waals surface area contributed by atoms with Crippen LogP contribution in [0.3, 0.4) is 0 Å². The largest absolute Gasteiger partial charge is 0.386 e. The number of fused-ring (bicyclic) bond motifs is 1. The number of nitrogens with zero attached hydrogens (tertiary/aromatic N) is 1. The second kappa shape index (κ2) is 8.78. The van der Waals surface area contributed by atoms with Gasteiger partial charge in [0.1, 0.15) is 5.00 Å². The zero-order chi connectivity index (χ0) is 20.3. The predicted molar refractivity (Wildman–Crippen MR) is 119 cm³/mol.